The molecule has 1 aromatic carbocycles. The first-order valence-electron chi connectivity index (χ1n) is 7.80. The second-order valence-electron chi connectivity index (χ2n) is 6.21. The molecule has 3 nitrogen and oxygen atoms in total. The van der Waals surface area contributed by atoms with Crippen LogP contribution in [0, 0.1) is 0 Å². The third-order valence-corrected chi connectivity index (χ3v) is 4.76. The molecule has 1 aromatic rings. The normalized spacial score (nSPS) is 28.1. The van der Waals surface area contributed by atoms with Crippen LogP contribution in [-0.2, 0) is 0 Å². The van der Waals surface area contributed by atoms with Crippen molar-refractivity contribution in [3.8, 4) is 0 Å². The van der Waals surface area contributed by atoms with Crippen molar-refractivity contribution in [2.75, 3.05) is 26.2 Å². The van der Waals surface area contributed by atoms with Gasteiger partial charge >= 0.3 is 0 Å². The van der Waals surface area contributed by atoms with Gasteiger partial charge in [0.1, 0.15) is 0 Å². The molecule has 2 saturated heterocycles. The summed E-state index contributed by atoms with van der Waals surface area (Å²) in [6.07, 6.45) is 3.98. The second kappa shape index (κ2) is 6.06. The summed E-state index contributed by atoms with van der Waals surface area (Å²) in [5.74, 6) is 0.252. The third kappa shape index (κ3) is 2.94. The number of carbonyl (C=O) groups is 1. The maximum Gasteiger partial charge on any atom is 0.176 e. The summed E-state index contributed by atoms with van der Waals surface area (Å²) in [6, 6.07) is 10.8. The quantitative estimate of drug-likeness (QED) is 0.790. The van der Waals surface area contributed by atoms with E-state index in [2.05, 4.69) is 16.7 Å². The molecule has 0 aliphatic carbocycles. The highest BCUT2D eigenvalue weighted by molar-refractivity contribution is 5.97. The molecule has 3 rings (SSSR count). The summed E-state index contributed by atoms with van der Waals surface area (Å²) in [5.41, 5.74) is 0.839. The molecule has 0 bridgehead atoms. The minimum Gasteiger partial charge on any atom is -0.298 e. The fraction of sp³-hybridized carbons (Fsp3) is 0.588. The van der Waals surface area contributed by atoms with Gasteiger partial charge in [0, 0.05) is 30.7 Å². The van der Waals surface area contributed by atoms with Crippen molar-refractivity contribution >= 4 is 5.78 Å². The monoisotopic (exact) mass is 272 g/mol. The van der Waals surface area contributed by atoms with E-state index in [9.17, 15) is 4.79 Å². The first-order chi connectivity index (χ1) is 9.74. The smallest absolute Gasteiger partial charge is 0.176 e. The molecule has 0 aromatic heterocycles. The predicted octanol–water partition coefficient (Wildman–Crippen LogP) is 2.43. The van der Waals surface area contributed by atoms with Crippen molar-refractivity contribution in [3.05, 3.63) is 35.9 Å². The lowest BCUT2D eigenvalue weighted by molar-refractivity contribution is 0.0166. The van der Waals surface area contributed by atoms with Crippen LogP contribution in [0.5, 0.6) is 0 Å². The Labute approximate surface area is 121 Å². The van der Waals surface area contributed by atoms with Gasteiger partial charge in [-0.05, 0) is 26.3 Å². The molecular weight excluding hydrogens is 248 g/mol. The number of benzene rings is 1. The van der Waals surface area contributed by atoms with Crippen LogP contribution in [0.2, 0.25) is 0 Å². The Hall–Kier alpha value is -1.19. The average molecular weight is 272 g/mol. The molecule has 2 aliphatic heterocycles. The van der Waals surface area contributed by atoms with Crippen molar-refractivity contribution in [2.45, 2.75) is 38.3 Å². The van der Waals surface area contributed by atoms with Gasteiger partial charge in [-0.3, -0.25) is 14.6 Å². The lowest BCUT2D eigenvalue weighted by Gasteiger charge is -2.47. The largest absolute Gasteiger partial charge is 0.298 e. The van der Waals surface area contributed by atoms with E-state index in [4.69, 9.17) is 0 Å². The Balaban J connectivity index is 1.63. The Morgan fingerprint density at radius 3 is 2.80 bits per heavy atom. The second-order valence-corrected chi connectivity index (χ2v) is 6.21. The summed E-state index contributed by atoms with van der Waals surface area (Å²) >= 11 is 0. The van der Waals surface area contributed by atoms with Crippen LogP contribution in [-0.4, -0.2) is 53.8 Å². The van der Waals surface area contributed by atoms with Crippen LogP contribution in [0.15, 0.2) is 30.3 Å². The zero-order valence-electron chi connectivity index (χ0n) is 12.3. The van der Waals surface area contributed by atoms with Crippen molar-refractivity contribution in [1.29, 1.82) is 0 Å². The van der Waals surface area contributed by atoms with Crippen LogP contribution in [0.25, 0.3) is 0 Å². The molecule has 0 N–H and O–H groups in total. The van der Waals surface area contributed by atoms with E-state index in [0.717, 1.165) is 18.7 Å². The molecule has 2 atom stereocenters. The number of nitrogens with zero attached hydrogens (tertiary/aromatic N) is 2. The maximum atomic E-state index is 12.4. The highest BCUT2D eigenvalue weighted by Gasteiger charge is 2.33. The molecule has 2 unspecified atom stereocenters. The number of rotatable bonds is 3. The van der Waals surface area contributed by atoms with Crippen molar-refractivity contribution in [3.63, 3.8) is 0 Å². The number of fused-ring (bicyclic) bond motifs is 1. The fourth-order valence-electron chi connectivity index (χ4n) is 3.53. The molecular formula is C17H24N2O. The Morgan fingerprint density at radius 1 is 1.20 bits per heavy atom. The number of ketones is 1. The van der Waals surface area contributed by atoms with E-state index in [0.29, 0.717) is 18.6 Å². The lowest BCUT2D eigenvalue weighted by Crippen LogP contribution is -2.59. The summed E-state index contributed by atoms with van der Waals surface area (Å²) < 4.78 is 0. The topological polar surface area (TPSA) is 23.6 Å². The predicted molar refractivity (Wildman–Crippen MR) is 81.0 cm³/mol. The van der Waals surface area contributed by atoms with Gasteiger partial charge in [0.05, 0.1) is 6.54 Å². The summed E-state index contributed by atoms with van der Waals surface area (Å²) in [4.78, 5) is 17.4. The maximum absolute atomic E-state index is 12.4. The van der Waals surface area contributed by atoms with Gasteiger partial charge in [-0.15, -0.1) is 0 Å². The Kier molecular flexibility index (Phi) is 4.18. The SMILES string of the molecule is CC1CN2CCCCC2CN1CC(=O)c1ccccc1. The number of piperazine rings is 1. The van der Waals surface area contributed by atoms with E-state index >= 15 is 0 Å². The number of hydrogen-bond donors (Lipinski definition) is 0. The first-order valence-corrected chi connectivity index (χ1v) is 7.80. The van der Waals surface area contributed by atoms with Crippen molar-refractivity contribution in [2.24, 2.45) is 0 Å². The number of piperidine rings is 1. The van der Waals surface area contributed by atoms with E-state index in [-0.39, 0.29) is 5.78 Å². The van der Waals surface area contributed by atoms with Crippen molar-refractivity contribution in [1.82, 2.24) is 9.80 Å². The van der Waals surface area contributed by atoms with Gasteiger partial charge in [0.2, 0.25) is 0 Å². The minimum atomic E-state index is 0.252. The van der Waals surface area contributed by atoms with Crippen molar-refractivity contribution < 1.29 is 4.79 Å². The zero-order chi connectivity index (χ0) is 13.9. The van der Waals surface area contributed by atoms with Gasteiger partial charge in [0.15, 0.2) is 5.78 Å². The molecule has 0 saturated carbocycles. The standard InChI is InChI=1S/C17H24N2O/c1-14-11-18-10-6-5-9-16(18)12-19(14)13-17(20)15-7-3-2-4-8-15/h2-4,7-8,14,16H,5-6,9-13H2,1H3. The van der Waals surface area contributed by atoms with E-state index < -0.39 is 0 Å². The molecule has 2 heterocycles. The zero-order valence-corrected chi connectivity index (χ0v) is 12.3. The van der Waals surface area contributed by atoms with E-state index in [1.165, 1.54) is 25.8 Å². The molecule has 2 aliphatic rings. The van der Waals surface area contributed by atoms with Gasteiger partial charge < -0.3 is 0 Å². The van der Waals surface area contributed by atoms with Crippen LogP contribution in [0.1, 0.15) is 36.5 Å². The molecule has 0 radical (unpaired) electrons. The number of carbonyl (C=O) groups excluding carboxylic acids is 1. The van der Waals surface area contributed by atoms with Crippen LogP contribution >= 0.6 is 0 Å². The molecule has 0 amide bonds. The third-order valence-electron chi connectivity index (χ3n) is 4.76. The lowest BCUT2D eigenvalue weighted by atomic mass is 9.96. The fourth-order valence-corrected chi connectivity index (χ4v) is 3.53. The summed E-state index contributed by atoms with van der Waals surface area (Å²) in [7, 11) is 0. The van der Waals surface area contributed by atoms with E-state index in [1.807, 2.05) is 30.3 Å². The van der Waals surface area contributed by atoms with Gasteiger partial charge in [-0.2, -0.15) is 0 Å². The molecule has 108 valence electrons. The molecule has 0 spiro atoms. The van der Waals surface area contributed by atoms with Crippen LogP contribution in [0.3, 0.4) is 0 Å². The molecule has 2 fully saturated rings. The molecule has 3 heteroatoms. The highest BCUT2D eigenvalue weighted by Crippen LogP contribution is 2.24. The van der Waals surface area contributed by atoms with Crippen LogP contribution in [0.4, 0.5) is 0 Å². The van der Waals surface area contributed by atoms with Gasteiger partial charge in [-0.25, -0.2) is 0 Å². The first kappa shape index (κ1) is 13.8. The number of Topliss-reactive ketones (excluding diaryl/α,β-unsaturated/α-hetero) is 1. The van der Waals surface area contributed by atoms with Crippen LogP contribution < -0.4 is 0 Å². The summed E-state index contributed by atoms with van der Waals surface area (Å²) in [6.45, 7) is 6.24. The Bertz CT molecular complexity index is 459. The van der Waals surface area contributed by atoms with Gasteiger partial charge in [0.25, 0.3) is 0 Å². The number of hydrogen-bond acceptors (Lipinski definition) is 3. The Morgan fingerprint density at radius 2 is 2.00 bits per heavy atom. The average Bonchev–Trinajstić information content (AvgIpc) is 2.49. The van der Waals surface area contributed by atoms with E-state index in [1.54, 1.807) is 0 Å². The molecule has 20 heavy (non-hydrogen) atoms. The summed E-state index contributed by atoms with van der Waals surface area (Å²) in [5, 5.41) is 0. The highest BCUT2D eigenvalue weighted by atomic mass is 16.1. The van der Waals surface area contributed by atoms with Gasteiger partial charge in [-0.1, -0.05) is 36.8 Å². The minimum absolute atomic E-state index is 0.252.